The van der Waals surface area contributed by atoms with Crippen molar-refractivity contribution in [1.29, 1.82) is 0 Å². The van der Waals surface area contributed by atoms with Gasteiger partial charge in [-0.05, 0) is 11.4 Å². The summed E-state index contributed by atoms with van der Waals surface area (Å²) in [6.07, 6.45) is 0. The third-order valence-corrected chi connectivity index (χ3v) is 5.41. The highest BCUT2D eigenvalue weighted by atomic mass is 35.7. The fraction of sp³-hybridized carbons (Fsp3) is 0.333. The van der Waals surface area contributed by atoms with Crippen LogP contribution in [0.3, 0.4) is 0 Å². The van der Waals surface area contributed by atoms with Crippen LogP contribution in [-0.2, 0) is 19.1 Å². The maximum atomic E-state index is 11.4. The minimum atomic E-state index is -3.67. The molecule has 0 unspecified atom stereocenters. The molecule has 0 atom stereocenters. The van der Waals surface area contributed by atoms with Gasteiger partial charge in [-0.25, -0.2) is 21.6 Å². The molecule has 0 amide bonds. The lowest BCUT2D eigenvalue weighted by atomic mass is 10.7. The summed E-state index contributed by atoms with van der Waals surface area (Å²) in [6.45, 7) is -0.230. The fourth-order valence-electron chi connectivity index (χ4n) is 0.785. The molecule has 0 saturated heterocycles. The van der Waals surface area contributed by atoms with Gasteiger partial charge >= 0.3 is 0 Å². The first-order valence-corrected chi connectivity index (χ1v) is 8.61. The highest BCUT2D eigenvalue weighted by Gasteiger charge is 2.15. The zero-order chi connectivity index (χ0) is 11.5. The summed E-state index contributed by atoms with van der Waals surface area (Å²) in [6, 6.07) is 3.03. The molecule has 0 fully saturated rings. The molecule has 0 radical (unpaired) electrons. The molecule has 15 heavy (non-hydrogen) atoms. The average Bonchev–Trinajstić information content (AvgIpc) is 2.52. The molecule has 0 saturated carbocycles. The average molecular weight is 290 g/mol. The highest BCUT2D eigenvalue weighted by molar-refractivity contribution is 8.13. The molecular weight excluding hydrogens is 282 g/mol. The molecule has 0 spiro atoms. The first kappa shape index (κ1) is 12.9. The number of hydrogen-bond acceptors (Lipinski definition) is 5. The predicted molar refractivity (Wildman–Crippen MR) is 59.1 cm³/mol. The Hall–Kier alpha value is -0.150. The summed E-state index contributed by atoms with van der Waals surface area (Å²) < 4.78 is 46.2. The molecule has 0 aromatic carbocycles. The molecule has 0 aliphatic heterocycles. The largest absolute Gasteiger partial charge is 0.250 e. The van der Waals surface area contributed by atoms with E-state index in [0.29, 0.717) is 0 Å². The molecule has 5 nitrogen and oxygen atoms in total. The summed E-state index contributed by atoms with van der Waals surface area (Å²) in [5.41, 5.74) is 0. The van der Waals surface area contributed by atoms with Gasteiger partial charge in [-0.2, -0.15) is 0 Å². The maximum absolute atomic E-state index is 11.4. The van der Waals surface area contributed by atoms with E-state index in [2.05, 4.69) is 4.72 Å². The van der Waals surface area contributed by atoms with Crippen molar-refractivity contribution in [2.24, 2.45) is 0 Å². The Morgan fingerprint density at radius 1 is 1.33 bits per heavy atom. The van der Waals surface area contributed by atoms with Crippen molar-refractivity contribution in [1.82, 2.24) is 4.72 Å². The van der Waals surface area contributed by atoms with E-state index in [1.165, 1.54) is 6.07 Å². The molecule has 9 heteroatoms. The normalized spacial score (nSPS) is 12.9. The van der Waals surface area contributed by atoms with Crippen molar-refractivity contribution in [3.05, 3.63) is 17.5 Å². The topological polar surface area (TPSA) is 80.3 Å². The Kier molecular flexibility index (Phi) is 4.13. The van der Waals surface area contributed by atoms with Gasteiger partial charge in [-0.3, -0.25) is 0 Å². The Labute approximate surface area is 96.5 Å². The van der Waals surface area contributed by atoms with Crippen LogP contribution in [0.4, 0.5) is 0 Å². The zero-order valence-corrected chi connectivity index (χ0v) is 10.6. The first-order valence-electron chi connectivity index (χ1n) is 3.77. The van der Waals surface area contributed by atoms with Crippen LogP contribution in [0.25, 0.3) is 0 Å². The van der Waals surface area contributed by atoms with E-state index in [0.717, 1.165) is 11.3 Å². The van der Waals surface area contributed by atoms with Crippen molar-refractivity contribution >= 4 is 41.1 Å². The van der Waals surface area contributed by atoms with Crippen molar-refractivity contribution in [2.75, 3.05) is 12.3 Å². The minimum Gasteiger partial charge on any atom is -0.212 e. The van der Waals surface area contributed by atoms with Crippen LogP contribution in [0.2, 0.25) is 0 Å². The number of hydrogen-bond donors (Lipinski definition) is 1. The van der Waals surface area contributed by atoms with Gasteiger partial charge in [-0.1, -0.05) is 6.07 Å². The standard InChI is InChI=1S/C6H8ClNO4S3/c7-14(9,10)5-3-8-15(11,12)6-2-1-4-13-6/h1-2,4,8H,3,5H2. The second kappa shape index (κ2) is 4.79. The van der Waals surface area contributed by atoms with Crippen molar-refractivity contribution in [3.8, 4) is 0 Å². The van der Waals surface area contributed by atoms with Gasteiger partial charge in [0.2, 0.25) is 19.1 Å². The lowest BCUT2D eigenvalue weighted by molar-refractivity contribution is 0.584. The third kappa shape index (κ3) is 4.47. The number of rotatable bonds is 5. The highest BCUT2D eigenvalue weighted by Crippen LogP contribution is 2.14. The van der Waals surface area contributed by atoms with E-state index < -0.39 is 24.8 Å². The Morgan fingerprint density at radius 3 is 2.47 bits per heavy atom. The number of nitrogens with one attached hydrogen (secondary N) is 1. The van der Waals surface area contributed by atoms with Crippen LogP contribution in [0.1, 0.15) is 0 Å². The van der Waals surface area contributed by atoms with E-state index in [4.69, 9.17) is 10.7 Å². The predicted octanol–water partition coefficient (Wildman–Crippen LogP) is 0.595. The minimum absolute atomic E-state index is 0.148. The Morgan fingerprint density at radius 2 is 2.00 bits per heavy atom. The Bertz CT molecular complexity index is 505. The molecule has 1 rings (SSSR count). The summed E-state index contributed by atoms with van der Waals surface area (Å²) in [5.74, 6) is -0.431. The van der Waals surface area contributed by atoms with E-state index in [1.54, 1.807) is 11.4 Å². The molecule has 1 heterocycles. The van der Waals surface area contributed by atoms with Gasteiger partial charge in [0.15, 0.2) is 0 Å². The van der Waals surface area contributed by atoms with Gasteiger partial charge in [0, 0.05) is 17.2 Å². The Balaban J connectivity index is 2.60. The van der Waals surface area contributed by atoms with E-state index in [-0.39, 0.29) is 10.8 Å². The van der Waals surface area contributed by atoms with Gasteiger partial charge in [-0.15, -0.1) is 11.3 Å². The van der Waals surface area contributed by atoms with Crippen LogP contribution >= 0.6 is 22.0 Å². The first-order chi connectivity index (χ1) is 6.81. The third-order valence-electron chi connectivity index (χ3n) is 1.40. The summed E-state index contributed by atoms with van der Waals surface area (Å²) >= 11 is 1.05. The smallest absolute Gasteiger partial charge is 0.212 e. The lowest BCUT2D eigenvalue weighted by Crippen LogP contribution is -2.27. The summed E-state index contributed by atoms with van der Waals surface area (Å²) in [7, 11) is -2.33. The lowest BCUT2D eigenvalue weighted by Gasteiger charge is -2.02. The number of thiophene rings is 1. The van der Waals surface area contributed by atoms with Crippen LogP contribution < -0.4 is 4.72 Å². The van der Waals surface area contributed by atoms with Crippen molar-refractivity contribution in [3.63, 3.8) is 0 Å². The van der Waals surface area contributed by atoms with Gasteiger partial charge < -0.3 is 0 Å². The molecule has 1 aromatic heterocycles. The number of halogens is 1. The molecule has 0 bridgehead atoms. The van der Waals surface area contributed by atoms with Crippen molar-refractivity contribution < 1.29 is 16.8 Å². The summed E-state index contributed by atoms with van der Waals surface area (Å²) in [5, 5.41) is 1.62. The quantitative estimate of drug-likeness (QED) is 0.805. The van der Waals surface area contributed by atoms with Crippen LogP contribution in [-0.4, -0.2) is 29.1 Å². The fourth-order valence-corrected chi connectivity index (χ4v) is 3.56. The van der Waals surface area contributed by atoms with Gasteiger partial charge in [0.05, 0.1) is 5.75 Å². The van der Waals surface area contributed by atoms with Gasteiger partial charge in [0.25, 0.3) is 0 Å². The molecule has 1 aromatic rings. The molecule has 0 aliphatic carbocycles. The van der Waals surface area contributed by atoms with E-state index in [9.17, 15) is 16.8 Å². The van der Waals surface area contributed by atoms with E-state index >= 15 is 0 Å². The summed E-state index contributed by atoms with van der Waals surface area (Å²) in [4.78, 5) is 0. The monoisotopic (exact) mass is 289 g/mol. The maximum Gasteiger partial charge on any atom is 0.250 e. The number of sulfonamides is 1. The molecular formula is C6H8ClNO4S3. The molecule has 1 N–H and O–H groups in total. The second-order valence-corrected chi connectivity index (χ2v) is 8.41. The van der Waals surface area contributed by atoms with Crippen molar-refractivity contribution in [2.45, 2.75) is 4.21 Å². The van der Waals surface area contributed by atoms with E-state index in [1.807, 2.05) is 0 Å². The molecule has 0 aliphatic rings. The van der Waals surface area contributed by atoms with Crippen LogP contribution in [0.5, 0.6) is 0 Å². The second-order valence-electron chi connectivity index (χ2n) is 2.57. The van der Waals surface area contributed by atoms with Crippen LogP contribution in [0.15, 0.2) is 21.7 Å². The van der Waals surface area contributed by atoms with Gasteiger partial charge in [0.1, 0.15) is 4.21 Å². The molecule has 86 valence electrons. The van der Waals surface area contributed by atoms with Crippen LogP contribution in [0, 0.1) is 0 Å². The SMILES string of the molecule is O=S(=O)(Cl)CCNS(=O)(=O)c1cccs1. The zero-order valence-electron chi connectivity index (χ0n) is 7.38.